The van der Waals surface area contributed by atoms with E-state index in [0.29, 0.717) is 58.1 Å². The Morgan fingerprint density at radius 2 is 1.70 bits per heavy atom. The molecule has 0 aliphatic carbocycles. The standard InChI is InChI=1S/C20H19ClO6/c1-23-17-11-13(18(21)20(25-3)19(17)24-2)4-6-14(22)12-5-7-15-16(10-12)27-9-8-26-15/h4-7,10-11H,8-9H2,1-3H3. The van der Waals surface area contributed by atoms with Crippen molar-refractivity contribution in [2.75, 3.05) is 34.5 Å². The Labute approximate surface area is 162 Å². The highest BCUT2D eigenvalue weighted by Crippen LogP contribution is 2.45. The lowest BCUT2D eigenvalue weighted by atomic mass is 10.1. The summed E-state index contributed by atoms with van der Waals surface area (Å²) in [5.41, 5.74) is 1.05. The molecule has 0 unspecified atom stereocenters. The lowest BCUT2D eigenvalue weighted by Crippen LogP contribution is -2.15. The Bertz CT molecular complexity index is 891. The van der Waals surface area contributed by atoms with Crippen LogP contribution in [-0.4, -0.2) is 40.3 Å². The zero-order valence-corrected chi connectivity index (χ0v) is 16.0. The highest BCUT2D eigenvalue weighted by Gasteiger charge is 2.19. The van der Waals surface area contributed by atoms with Crippen LogP contribution in [0.2, 0.25) is 5.02 Å². The quantitative estimate of drug-likeness (QED) is 0.548. The van der Waals surface area contributed by atoms with Gasteiger partial charge in [0, 0.05) is 11.1 Å². The van der Waals surface area contributed by atoms with Gasteiger partial charge < -0.3 is 23.7 Å². The molecule has 0 fully saturated rings. The molecule has 0 atom stereocenters. The molecule has 27 heavy (non-hydrogen) atoms. The van der Waals surface area contributed by atoms with Crippen LogP contribution in [-0.2, 0) is 0 Å². The Morgan fingerprint density at radius 3 is 2.37 bits per heavy atom. The van der Waals surface area contributed by atoms with Gasteiger partial charge in [-0.3, -0.25) is 4.79 Å². The van der Waals surface area contributed by atoms with Crippen molar-refractivity contribution in [1.29, 1.82) is 0 Å². The molecule has 2 aromatic carbocycles. The molecule has 3 rings (SSSR count). The van der Waals surface area contributed by atoms with Crippen LogP contribution in [0.3, 0.4) is 0 Å². The Kier molecular flexibility index (Phi) is 5.76. The monoisotopic (exact) mass is 390 g/mol. The number of benzene rings is 2. The highest BCUT2D eigenvalue weighted by molar-refractivity contribution is 6.34. The van der Waals surface area contributed by atoms with Gasteiger partial charge in [-0.05, 0) is 36.4 Å². The van der Waals surface area contributed by atoms with Crippen molar-refractivity contribution in [3.63, 3.8) is 0 Å². The zero-order chi connectivity index (χ0) is 19.4. The molecule has 1 aliphatic heterocycles. The van der Waals surface area contributed by atoms with E-state index in [9.17, 15) is 4.79 Å². The summed E-state index contributed by atoms with van der Waals surface area (Å²) in [7, 11) is 4.49. The second-order valence-electron chi connectivity index (χ2n) is 5.60. The summed E-state index contributed by atoms with van der Waals surface area (Å²) >= 11 is 6.39. The van der Waals surface area contributed by atoms with Gasteiger partial charge in [0.25, 0.3) is 0 Å². The van der Waals surface area contributed by atoms with E-state index in [1.807, 2.05) is 0 Å². The summed E-state index contributed by atoms with van der Waals surface area (Å²) < 4.78 is 26.9. The number of carbonyl (C=O) groups excluding carboxylic acids is 1. The van der Waals surface area contributed by atoms with Gasteiger partial charge in [-0.25, -0.2) is 0 Å². The predicted octanol–water partition coefficient (Wildman–Crippen LogP) is 4.03. The predicted molar refractivity (Wildman–Crippen MR) is 102 cm³/mol. The fraction of sp³-hybridized carbons (Fsp3) is 0.250. The van der Waals surface area contributed by atoms with Crippen LogP contribution in [0.5, 0.6) is 28.7 Å². The second-order valence-corrected chi connectivity index (χ2v) is 5.98. The first-order valence-electron chi connectivity index (χ1n) is 8.19. The number of hydrogen-bond donors (Lipinski definition) is 0. The van der Waals surface area contributed by atoms with Gasteiger partial charge in [-0.1, -0.05) is 11.6 Å². The molecule has 0 N–H and O–H groups in total. The van der Waals surface area contributed by atoms with E-state index in [1.54, 1.807) is 30.3 Å². The van der Waals surface area contributed by atoms with Crippen molar-refractivity contribution in [1.82, 2.24) is 0 Å². The third-order valence-corrected chi connectivity index (χ3v) is 4.43. The lowest BCUT2D eigenvalue weighted by Gasteiger charge is -2.18. The van der Waals surface area contributed by atoms with Gasteiger partial charge in [0.2, 0.25) is 5.75 Å². The van der Waals surface area contributed by atoms with Gasteiger partial charge in [-0.2, -0.15) is 0 Å². The van der Waals surface area contributed by atoms with Crippen LogP contribution in [0.25, 0.3) is 6.08 Å². The summed E-state index contributed by atoms with van der Waals surface area (Å²) in [4.78, 5) is 12.5. The SMILES string of the molecule is COc1cc(C=CC(=O)c2ccc3c(c2)OCCO3)c(Cl)c(OC)c1OC. The zero-order valence-electron chi connectivity index (χ0n) is 15.2. The van der Waals surface area contributed by atoms with E-state index >= 15 is 0 Å². The maximum Gasteiger partial charge on any atom is 0.204 e. The van der Waals surface area contributed by atoms with Gasteiger partial charge in [0.1, 0.15) is 13.2 Å². The van der Waals surface area contributed by atoms with E-state index in [1.165, 1.54) is 27.4 Å². The Morgan fingerprint density at radius 1 is 1.00 bits per heavy atom. The molecule has 142 valence electrons. The minimum atomic E-state index is -0.197. The maximum absolute atomic E-state index is 12.5. The number of methoxy groups -OCH3 is 3. The van der Waals surface area contributed by atoms with Crippen LogP contribution < -0.4 is 23.7 Å². The molecule has 2 aromatic rings. The van der Waals surface area contributed by atoms with Gasteiger partial charge in [0.05, 0.1) is 26.4 Å². The summed E-state index contributed by atoms with van der Waals surface area (Å²) in [6.07, 6.45) is 3.03. The minimum Gasteiger partial charge on any atom is -0.493 e. The topological polar surface area (TPSA) is 63.2 Å². The lowest BCUT2D eigenvalue weighted by molar-refractivity contribution is 0.104. The minimum absolute atomic E-state index is 0.197. The molecule has 0 saturated heterocycles. The molecule has 7 heteroatoms. The van der Waals surface area contributed by atoms with Crippen molar-refractivity contribution in [2.45, 2.75) is 0 Å². The summed E-state index contributed by atoms with van der Waals surface area (Å²) in [6.45, 7) is 0.960. The first-order valence-corrected chi connectivity index (χ1v) is 8.57. The van der Waals surface area contributed by atoms with E-state index in [2.05, 4.69) is 0 Å². The number of ether oxygens (including phenoxy) is 5. The molecule has 0 radical (unpaired) electrons. The van der Waals surface area contributed by atoms with Crippen LogP contribution in [0.15, 0.2) is 30.3 Å². The smallest absolute Gasteiger partial charge is 0.204 e. The summed E-state index contributed by atoms with van der Waals surface area (Å²) in [6, 6.07) is 6.76. The maximum atomic E-state index is 12.5. The molecule has 0 spiro atoms. The highest BCUT2D eigenvalue weighted by atomic mass is 35.5. The summed E-state index contributed by atoms with van der Waals surface area (Å²) in [5.74, 6) is 2.17. The van der Waals surface area contributed by atoms with Crippen molar-refractivity contribution in [2.24, 2.45) is 0 Å². The fourth-order valence-corrected chi connectivity index (χ4v) is 3.00. The Hall–Kier alpha value is -2.86. The molecule has 0 aromatic heterocycles. The average molecular weight is 391 g/mol. The van der Waals surface area contributed by atoms with E-state index in [0.717, 1.165) is 0 Å². The fourth-order valence-electron chi connectivity index (χ4n) is 2.72. The average Bonchev–Trinajstić information content (AvgIpc) is 2.71. The molecule has 6 nitrogen and oxygen atoms in total. The second kappa shape index (κ2) is 8.22. The van der Waals surface area contributed by atoms with Crippen LogP contribution in [0.1, 0.15) is 15.9 Å². The Balaban J connectivity index is 1.90. The number of hydrogen-bond acceptors (Lipinski definition) is 6. The van der Waals surface area contributed by atoms with E-state index < -0.39 is 0 Å². The number of allylic oxidation sites excluding steroid dienone is 1. The van der Waals surface area contributed by atoms with Gasteiger partial charge >= 0.3 is 0 Å². The van der Waals surface area contributed by atoms with Gasteiger partial charge in [0.15, 0.2) is 28.8 Å². The normalized spacial score (nSPS) is 12.7. The van der Waals surface area contributed by atoms with Crippen molar-refractivity contribution >= 4 is 23.5 Å². The number of rotatable bonds is 6. The number of ketones is 1. The van der Waals surface area contributed by atoms with E-state index in [4.69, 9.17) is 35.3 Å². The molecule has 0 bridgehead atoms. The molecule has 0 amide bonds. The first kappa shape index (κ1) is 18.9. The van der Waals surface area contributed by atoms with Crippen LogP contribution >= 0.6 is 11.6 Å². The molecule has 1 heterocycles. The van der Waals surface area contributed by atoms with Crippen molar-refractivity contribution < 1.29 is 28.5 Å². The number of fused-ring (bicyclic) bond motifs is 1. The van der Waals surface area contributed by atoms with Crippen molar-refractivity contribution in [3.05, 3.63) is 46.5 Å². The molecular weight excluding hydrogens is 372 g/mol. The molecule has 0 saturated carbocycles. The first-order chi connectivity index (χ1) is 13.1. The van der Waals surface area contributed by atoms with Crippen LogP contribution in [0, 0.1) is 0 Å². The third kappa shape index (κ3) is 3.80. The number of halogens is 1. The molecule has 1 aliphatic rings. The summed E-state index contributed by atoms with van der Waals surface area (Å²) in [5, 5.41) is 0.321. The van der Waals surface area contributed by atoms with Gasteiger partial charge in [-0.15, -0.1) is 0 Å². The molecular formula is C20H19ClO6. The van der Waals surface area contributed by atoms with Crippen molar-refractivity contribution in [3.8, 4) is 28.7 Å². The van der Waals surface area contributed by atoms with E-state index in [-0.39, 0.29) is 5.78 Å². The largest absolute Gasteiger partial charge is 0.493 e. The third-order valence-electron chi connectivity index (χ3n) is 4.04. The number of carbonyl (C=O) groups is 1. The van der Waals surface area contributed by atoms with Crippen LogP contribution in [0.4, 0.5) is 0 Å².